The molecule has 1 unspecified atom stereocenters. The van der Waals surface area contributed by atoms with Crippen LogP contribution in [0.15, 0.2) is 30.3 Å². The van der Waals surface area contributed by atoms with Crippen LogP contribution in [0.2, 0.25) is 0 Å². The topological polar surface area (TPSA) is 102 Å². The highest BCUT2D eigenvalue weighted by atomic mass is 32.1. The minimum Gasteiger partial charge on any atom is -0.508 e. The van der Waals surface area contributed by atoms with Crippen molar-refractivity contribution < 1.29 is 24.5 Å². The Balaban J connectivity index is 2.18. The SMILES string of the molecule is COC(=O)CC(c1ccc(OC)c(O)c1)c1c(O)ccc2nsnc12. The average molecular weight is 360 g/mol. The number of ether oxygens (including phenoxy) is 2. The van der Waals surface area contributed by atoms with Gasteiger partial charge in [-0.15, -0.1) is 0 Å². The maximum absolute atomic E-state index is 11.9. The molecule has 7 nitrogen and oxygen atoms in total. The predicted octanol–water partition coefficient (Wildman–Crippen LogP) is 2.81. The van der Waals surface area contributed by atoms with Crippen LogP contribution in [0.3, 0.4) is 0 Å². The number of methoxy groups -OCH3 is 2. The fourth-order valence-electron chi connectivity index (χ4n) is 2.76. The van der Waals surface area contributed by atoms with Crippen LogP contribution in [0, 0.1) is 0 Å². The molecule has 0 aliphatic carbocycles. The highest BCUT2D eigenvalue weighted by molar-refractivity contribution is 7.00. The first-order valence-electron chi connectivity index (χ1n) is 7.43. The van der Waals surface area contributed by atoms with Gasteiger partial charge in [-0.1, -0.05) is 6.07 Å². The van der Waals surface area contributed by atoms with Crippen LogP contribution in [-0.2, 0) is 9.53 Å². The lowest BCUT2D eigenvalue weighted by Crippen LogP contribution is -2.11. The minimum absolute atomic E-state index is 0.00408. The van der Waals surface area contributed by atoms with Crippen LogP contribution < -0.4 is 4.74 Å². The standard InChI is InChI=1S/C17H16N2O5S/c1-23-14-6-3-9(7-13(14)21)10(8-15(22)24-2)16-12(20)5-4-11-17(16)19-25-18-11/h3-7,10,20-21H,8H2,1-2H3. The zero-order chi connectivity index (χ0) is 18.0. The summed E-state index contributed by atoms with van der Waals surface area (Å²) in [7, 11) is 2.75. The molecule has 3 aromatic rings. The molecule has 25 heavy (non-hydrogen) atoms. The van der Waals surface area contributed by atoms with Crippen LogP contribution in [0.1, 0.15) is 23.5 Å². The maximum Gasteiger partial charge on any atom is 0.306 e. The van der Waals surface area contributed by atoms with Crippen molar-refractivity contribution in [2.24, 2.45) is 0 Å². The van der Waals surface area contributed by atoms with Crippen molar-refractivity contribution in [3.63, 3.8) is 0 Å². The quantitative estimate of drug-likeness (QED) is 0.675. The zero-order valence-corrected chi connectivity index (χ0v) is 14.4. The number of rotatable bonds is 5. The van der Waals surface area contributed by atoms with E-state index in [1.165, 1.54) is 26.4 Å². The highest BCUT2D eigenvalue weighted by Crippen LogP contribution is 2.40. The normalized spacial score (nSPS) is 12.1. The van der Waals surface area contributed by atoms with Gasteiger partial charge in [-0.2, -0.15) is 8.75 Å². The van der Waals surface area contributed by atoms with E-state index >= 15 is 0 Å². The van der Waals surface area contributed by atoms with Crippen molar-refractivity contribution in [1.82, 2.24) is 8.75 Å². The van der Waals surface area contributed by atoms with E-state index in [1.54, 1.807) is 18.2 Å². The molecule has 0 saturated carbocycles. The lowest BCUT2D eigenvalue weighted by atomic mass is 9.87. The van der Waals surface area contributed by atoms with E-state index in [2.05, 4.69) is 8.75 Å². The van der Waals surface area contributed by atoms with Gasteiger partial charge in [0.25, 0.3) is 0 Å². The van der Waals surface area contributed by atoms with Crippen LogP contribution in [0.25, 0.3) is 11.0 Å². The van der Waals surface area contributed by atoms with E-state index in [0.29, 0.717) is 27.9 Å². The number of carbonyl (C=O) groups excluding carboxylic acids is 1. The number of aromatic nitrogens is 2. The summed E-state index contributed by atoms with van der Waals surface area (Å²) in [6.07, 6.45) is -0.0214. The Kier molecular flexibility index (Phi) is 4.71. The summed E-state index contributed by atoms with van der Waals surface area (Å²) < 4.78 is 18.3. The van der Waals surface area contributed by atoms with Crippen molar-refractivity contribution in [2.45, 2.75) is 12.3 Å². The number of hydrogen-bond acceptors (Lipinski definition) is 8. The summed E-state index contributed by atoms with van der Waals surface area (Å²) in [5, 5.41) is 20.5. The van der Waals surface area contributed by atoms with Crippen molar-refractivity contribution in [1.29, 1.82) is 0 Å². The Hall–Kier alpha value is -2.87. The first-order chi connectivity index (χ1) is 12.0. The Morgan fingerprint density at radius 3 is 2.64 bits per heavy atom. The molecule has 2 N–H and O–H groups in total. The molecule has 0 aliphatic rings. The minimum atomic E-state index is -0.558. The molecule has 0 spiro atoms. The van der Waals surface area contributed by atoms with Gasteiger partial charge in [0, 0.05) is 11.5 Å². The zero-order valence-electron chi connectivity index (χ0n) is 13.6. The molecule has 0 bridgehead atoms. The van der Waals surface area contributed by atoms with E-state index in [4.69, 9.17) is 9.47 Å². The van der Waals surface area contributed by atoms with E-state index in [1.807, 2.05) is 0 Å². The molecule has 1 heterocycles. The van der Waals surface area contributed by atoms with Gasteiger partial charge in [0.2, 0.25) is 0 Å². The summed E-state index contributed by atoms with van der Waals surface area (Å²) in [5.74, 6) is -0.738. The summed E-state index contributed by atoms with van der Waals surface area (Å²) in [5.41, 5.74) is 2.25. The fourth-order valence-corrected chi connectivity index (χ4v) is 3.31. The molecule has 130 valence electrons. The first-order valence-corrected chi connectivity index (χ1v) is 8.16. The van der Waals surface area contributed by atoms with Gasteiger partial charge in [-0.25, -0.2) is 0 Å². The molecule has 1 aromatic heterocycles. The Labute approximate surface area is 147 Å². The lowest BCUT2D eigenvalue weighted by molar-refractivity contribution is -0.140. The largest absolute Gasteiger partial charge is 0.508 e. The molecule has 3 rings (SSSR count). The van der Waals surface area contributed by atoms with Crippen LogP contribution in [-0.4, -0.2) is 39.1 Å². The predicted molar refractivity (Wildman–Crippen MR) is 92.2 cm³/mol. The number of nitrogens with zero attached hydrogens (tertiary/aromatic N) is 2. The molecule has 8 heteroatoms. The summed E-state index contributed by atoms with van der Waals surface area (Å²) in [4.78, 5) is 11.9. The molecule has 0 radical (unpaired) electrons. The molecule has 0 amide bonds. The second-order valence-corrected chi connectivity index (χ2v) is 5.92. The summed E-state index contributed by atoms with van der Waals surface area (Å²) in [6, 6.07) is 8.02. The third-order valence-corrected chi connectivity index (χ3v) is 4.54. The Bertz CT molecular complexity index is 925. The molecular formula is C17H16N2O5S. The number of aromatic hydroxyl groups is 2. The van der Waals surface area contributed by atoms with Gasteiger partial charge in [0.05, 0.1) is 32.4 Å². The smallest absolute Gasteiger partial charge is 0.306 e. The van der Waals surface area contributed by atoms with E-state index in [0.717, 1.165) is 11.7 Å². The second kappa shape index (κ2) is 6.94. The third-order valence-electron chi connectivity index (χ3n) is 4.00. The number of esters is 1. The van der Waals surface area contributed by atoms with Crippen molar-refractivity contribution >= 4 is 28.7 Å². The van der Waals surface area contributed by atoms with Crippen molar-refractivity contribution in [3.05, 3.63) is 41.5 Å². The van der Waals surface area contributed by atoms with Gasteiger partial charge < -0.3 is 19.7 Å². The van der Waals surface area contributed by atoms with Gasteiger partial charge in [-0.05, 0) is 29.8 Å². The van der Waals surface area contributed by atoms with E-state index in [9.17, 15) is 15.0 Å². The summed E-state index contributed by atoms with van der Waals surface area (Å²) >= 11 is 1.03. The number of fused-ring (bicyclic) bond motifs is 1. The number of phenolic OH excluding ortho intramolecular Hbond substituents is 2. The Morgan fingerprint density at radius 2 is 1.96 bits per heavy atom. The monoisotopic (exact) mass is 360 g/mol. The van der Waals surface area contributed by atoms with E-state index in [-0.39, 0.29) is 17.9 Å². The van der Waals surface area contributed by atoms with Crippen molar-refractivity contribution in [2.75, 3.05) is 14.2 Å². The third kappa shape index (κ3) is 3.20. The number of carbonyl (C=O) groups is 1. The fraction of sp³-hybridized carbons (Fsp3) is 0.235. The Morgan fingerprint density at radius 1 is 1.16 bits per heavy atom. The molecule has 2 aromatic carbocycles. The molecular weight excluding hydrogens is 344 g/mol. The van der Waals surface area contributed by atoms with Crippen molar-refractivity contribution in [3.8, 4) is 17.2 Å². The van der Waals surface area contributed by atoms with Crippen LogP contribution >= 0.6 is 11.7 Å². The summed E-state index contributed by atoms with van der Waals surface area (Å²) in [6.45, 7) is 0. The van der Waals surface area contributed by atoms with Crippen LogP contribution in [0.4, 0.5) is 0 Å². The van der Waals surface area contributed by atoms with Crippen LogP contribution in [0.5, 0.6) is 17.2 Å². The molecule has 0 aliphatic heterocycles. The number of hydrogen-bond donors (Lipinski definition) is 2. The van der Waals surface area contributed by atoms with Gasteiger partial charge in [0.1, 0.15) is 16.8 Å². The maximum atomic E-state index is 11.9. The van der Waals surface area contributed by atoms with Gasteiger partial charge >= 0.3 is 5.97 Å². The number of benzene rings is 2. The van der Waals surface area contributed by atoms with Gasteiger partial charge in [0.15, 0.2) is 11.5 Å². The lowest BCUT2D eigenvalue weighted by Gasteiger charge is -2.19. The van der Waals surface area contributed by atoms with E-state index < -0.39 is 11.9 Å². The number of phenols is 2. The molecule has 1 atom stereocenters. The first kappa shape index (κ1) is 17.0. The average Bonchev–Trinajstić information content (AvgIpc) is 3.08. The highest BCUT2D eigenvalue weighted by Gasteiger charge is 2.26. The molecule has 0 saturated heterocycles. The van der Waals surface area contributed by atoms with Gasteiger partial charge in [-0.3, -0.25) is 4.79 Å². The second-order valence-electron chi connectivity index (χ2n) is 5.39. The molecule has 0 fully saturated rings.